The molecule has 2 rings (SSSR count). The van der Waals surface area contributed by atoms with Gasteiger partial charge in [0.15, 0.2) is 0 Å². The van der Waals surface area contributed by atoms with Crippen LogP contribution in [0.25, 0.3) is 0 Å². The zero-order valence-electron chi connectivity index (χ0n) is 8.39. The van der Waals surface area contributed by atoms with Gasteiger partial charge in [-0.3, -0.25) is 4.79 Å². The van der Waals surface area contributed by atoms with E-state index < -0.39 is 0 Å². The molecule has 1 N–H and O–H groups in total. The lowest BCUT2D eigenvalue weighted by Gasteiger charge is -2.19. The first-order valence-electron chi connectivity index (χ1n) is 4.98. The van der Waals surface area contributed by atoms with Crippen LogP contribution in [0.1, 0.15) is 30.3 Å². The molecule has 5 heteroatoms. The molecule has 0 unspecified atom stereocenters. The Morgan fingerprint density at radius 2 is 2.27 bits per heavy atom. The maximum Gasteiger partial charge on any atom is 0.270 e. The summed E-state index contributed by atoms with van der Waals surface area (Å²) in [7, 11) is 0. The summed E-state index contributed by atoms with van der Waals surface area (Å²) in [6.45, 7) is 2.69. The van der Waals surface area contributed by atoms with Crippen molar-refractivity contribution in [2.24, 2.45) is 0 Å². The van der Waals surface area contributed by atoms with E-state index in [9.17, 15) is 4.79 Å². The third-order valence-electron chi connectivity index (χ3n) is 2.54. The molecule has 0 atom stereocenters. The Kier molecular flexibility index (Phi) is 2.94. The summed E-state index contributed by atoms with van der Waals surface area (Å²) < 4.78 is 0. The summed E-state index contributed by atoms with van der Waals surface area (Å²) in [5, 5.41) is 0.721. The highest BCUT2D eigenvalue weighted by molar-refractivity contribution is 6.41. The van der Waals surface area contributed by atoms with Gasteiger partial charge in [0.05, 0.1) is 5.02 Å². The molecule has 1 aliphatic rings. The van der Waals surface area contributed by atoms with E-state index in [4.69, 9.17) is 23.2 Å². The number of carbonyl (C=O) groups excluding carboxylic acids is 1. The van der Waals surface area contributed by atoms with Crippen LogP contribution < -0.4 is 0 Å². The number of halogens is 2. The van der Waals surface area contributed by atoms with Gasteiger partial charge in [-0.2, -0.15) is 0 Å². The van der Waals surface area contributed by atoms with Crippen LogP contribution in [0, 0.1) is 0 Å². The number of aromatic nitrogens is 1. The van der Waals surface area contributed by atoms with Gasteiger partial charge in [0.2, 0.25) is 0 Å². The van der Waals surface area contributed by atoms with Crippen LogP contribution in [0.4, 0.5) is 0 Å². The van der Waals surface area contributed by atoms with E-state index in [0.717, 1.165) is 19.4 Å². The van der Waals surface area contributed by atoms with Crippen LogP contribution in [0.2, 0.25) is 10.2 Å². The highest BCUT2D eigenvalue weighted by atomic mass is 35.5. The van der Waals surface area contributed by atoms with Crippen LogP contribution in [-0.4, -0.2) is 28.4 Å². The van der Waals surface area contributed by atoms with E-state index in [2.05, 4.69) is 4.98 Å². The Balaban J connectivity index is 2.18. The smallest absolute Gasteiger partial charge is 0.270 e. The molecule has 82 valence electrons. The van der Waals surface area contributed by atoms with Gasteiger partial charge in [0.25, 0.3) is 5.91 Å². The van der Waals surface area contributed by atoms with Gasteiger partial charge in [0.1, 0.15) is 10.8 Å². The van der Waals surface area contributed by atoms with Crippen LogP contribution >= 0.6 is 23.2 Å². The molecule has 1 heterocycles. The molecule has 1 fully saturated rings. The molecule has 15 heavy (non-hydrogen) atoms. The number of rotatable bonds is 3. The van der Waals surface area contributed by atoms with E-state index >= 15 is 0 Å². The SMILES string of the molecule is CCN(C(=O)c1cc(Cl)c(Cl)[nH]1)C1CC1. The number of nitrogens with one attached hydrogen (secondary N) is 1. The quantitative estimate of drug-likeness (QED) is 0.875. The Bertz CT molecular complexity index is 365. The molecule has 0 aliphatic heterocycles. The predicted octanol–water partition coefficient (Wildman–Crippen LogP) is 2.95. The van der Waals surface area contributed by atoms with Gasteiger partial charge in [-0.25, -0.2) is 0 Å². The zero-order valence-corrected chi connectivity index (χ0v) is 9.90. The van der Waals surface area contributed by atoms with E-state index in [1.54, 1.807) is 6.07 Å². The maximum absolute atomic E-state index is 12.0. The third kappa shape index (κ3) is 2.13. The number of nitrogens with zero attached hydrogens (tertiary/aromatic N) is 1. The second kappa shape index (κ2) is 4.06. The normalized spacial score (nSPS) is 15.4. The largest absolute Gasteiger partial charge is 0.340 e. The minimum absolute atomic E-state index is 0.0196. The van der Waals surface area contributed by atoms with Crippen molar-refractivity contribution in [2.75, 3.05) is 6.54 Å². The van der Waals surface area contributed by atoms with Crippen molar-refractivity contribution in [3.63, 3.8) is 0 Å². The summed E-state index contributed by atoms with van der Waals surface area (Å²) >= 11 is 11.5. The van der Waals surface area contributed by atoms with Crippen molar-refractivity contribution in [3.05, 3.63) is 21.9 Å². The van der Waals surface area contributed by atoms with Gasteiger partial charge >= 0.3 is 0 Å². The fourth-order valence-corrected chi connectivity index (χ4v) is 1.94. The molecule has 0 radical (unpaired) electrons. The maximum atomic E-state index is 12.0. The molecule has 1 aromatic rings. The monoisotopic (exact) mass is 246 g/mol. The number of hydrogen-bond acceptors (Lipinski definition) is 1. The molecule has 3 nitrogen and oxygen atoms in total. The van der Waals surface area contributed by atoms with Crippen molar-refractivity contribution in [1.82, 2.24) is 9.88 Å². The third-order valence-corrected chi connectivity index (χ3v) is 3.24. The highest BCUT2D eigenvalue weighted by Crippen LogP contribution is 2.29. The number of aromatic amines is 1. The molecular formula is C10H12Cl2N2O. The number of hydrogen-bond donors (Lipinski definition) is 1. The van der Waals surface area contributed by atoms with E-state index in [1.165, 1.54) is 0 Å². The van der Waals surface area contributed by atoms with Gasteiger partial charge in [-0.1, -0.05) is 23.2 Å². The predicted molar refractivity (Wildman–Crippen MR) is 60.5 cm³/mol. The summed E-state index contributed by atoms with van der Waals surface area (Å²) in [5.41, 5.74) is 0.471. The minimum Gasteiger partial charge on any atom is -0.340 e. The van der Waals surface area contributed by atoms with Crippen molar-refractivity contribution in [2.45, 2.75) is 25.8 Å². The van der Waals surface area contributed by atoms with Crippen LogP contribution in [-0.2, 0) is 0 Å². The number of carbonyl (C=O) groups is 1. The summed E-state index contributed by atoms with van der Waals surface area (Å²) in [4.78, 5) is 16.6. The first kappa shape index (κ1) is 10.8. The van der Waals surface area contributed by atoms with Gasteiger partial charge in [-0.05, 0) is 25.8 Å². The summed E-state index contributed by atoms with van der Waals surface area (Å²) in [6.07, 6.45) is 2.20. The highest BCUT2D eigenvalue weighted by Gasteiger charge is 2.32. The zero-order chi connectivity index (χ0) is 11.0. The molecule has 1 aliphatic carbocycles. The Hall–Kier alpha value is -0.670. The molecule has 0 bridgehead atoms. The molecule has 1 amide bonds. The lowest BCUT2D eigenvalue weighted by Crippen LogP contribution is -2.33. The van der Waals surface area contributed by atoms with Crippen LogP contribution in [0.5, 0.6) is 0 Å². The molecule has 1 saturated carbocycles. The van der Waals surface area contributed by atoms with Crippen molar-refractivity contribution in [1.29, 1.82) is 0 Å². The Labute approximate surface area is 98.4 Å². The number of amides is 1. The summed E-state index contributed by atoms with van der Waals surface area (Å²) in [5.74, 6) is -0.0196. The molecular weight excluding hydrogens is 235 g/mol. The number of H-pyrrole nitrogens is 1. The van der Waals surface area contributed by atoms with E-state index in [1.807, 2.05) is 11.8 Å². The van der Waals surface area contributed by atoms with Gasteiger partial charge in [-0.15, -0.1) is 0 Å². The van der Waals surface area contributed by atoms with Crippen molar-refractivity contribution >= 4 is 29.1 Å². The lowest BCUT2D eigenvalue weighted by molar-refractivity contribution is 0.0747. The Morgan fingerprint density at radius 1 is 1.60 bits per heavy atom. The average Bonchev–Trinajstić information content (AvgIpc) is 2.96. The minimum atomic E-state index is -0.0196. The van der Waals surface area contributed by atoms with Crippen molar-refractivity contribution < 1.29 is 4.79 Å². The Morgan fingerprint density at radius 3 is 2.67 bits per heavy atom. The summed E-state index contributed by atoms with van der Waals surface area (Å²) in [6, 6.07) is 1.99. The second-order valence-corrected chi connectivity index (χ2v) is 4.45. The van der Waals surface area contributed by atoms with Crippen LogP contribution in [0.3, 0.4) is 0 Å². The first-order valence-corrected chi connectivity index (χ1v) is 5.74. The standard InChI is InChI=1S/C10H12Cl2N2O/c1-2-14(6-3-4-6)10(15)8-5-7(11)9(12)13-8/h5-6,13H,2-4H2,1H3. The van der Waals surface area contributed by atoms with Gasteiger partial charge in [0, 0.05) is 12.6 Å². The molecule has 1 aromatic heterocycles. The fraction of sp³-hybridized carbons (Fsp3) is 0.500. The molecule has 0 aromatic carbocycles. The topological polar surface area (TPSA) is 36.1 Å². The van der Waals surface area contributed by atoms with Crippen molar-refractivity contribution in [3.8, 4) is 0 Å². The van der Waals surface area contributed by atoms with E-state index in [-0.39, 0.29) is 5.91 Å². The van der Waals surface area contributed by atoms with Crippen LogP contribution in [0.15, 0.2) is 6.07 Å². The fourth-order valence-electron chi connectivity index (χ4n) is 1.63. The lowest BCUT2D eigenvalue weighted by atomic mass is 10.3. The second-order valence-electron chi connectivity index (χ2n) is 3.67. The van der Waals surface area contributed by atoms with E-state index in [0.29, 0.717) is 21.9 Å². The molecule has 0 saturated heterocycles. The average molecular weight is 247 g/mol. The molecule has 0 spiro atoms. The van der Waals surface area contributed by atoms with Gasteiger partial charge < -0.3 is 9.88 Å². The first-order chi connectivity index (χ1) is 7.13.